The van der Waals surface area contributed by atoms with Crippen molar-refractivity contribution in [3.8, 4) is 0 Å². The molecule has 110 valence electrons. The van der Waals surface area contributed by atoms with E-state index in [1.54, 1.807) is 25.8 Å². The second-order valence-electron chi connectivity index (χ2n) is 4.82. The highest BCUT2D eigenvalue weighted by atomic mass is 16.2. The van der Waals surface area contributed by atoms with Crippen molar-refractivity contribution in [1.82, 2.24) is 10.2 Å². The Bertz CT molecular complexity index is 448. The smallest absolute Gasteiger partial charge is 0.241 e. The van der Waals surface area contributed by atoms with Gasteiger partial charge in [-0.1, -0.05) is 18.2 Å². The van der Waals surface area contributed by atoms with Crippen LogP contribution in [0.5, 0.6) is 0 Å². The van der Waals surface area contributed by atoms with Gasteiger partial charge < -0.3 is 10.2 Å². The van der Waals surface area contributed by atoms with Crippen molar-refractivity contribution in [2.75, 3.05) is 18.9 Å². The SMILES string of the molecule is CCN(C)C(=O)C(C)NC(C)C(=O)Nc1ccccc1. The molecule has 2 unspecified atom stereocenters. The number of hydrogen-bond acceptors (Lipinski definition) is 3. The number of likely N-dealkylation sites (N-methyl/N-ethyl adjacent to an activating group) is 1. The Kier molecular flexibility index (Phi) is 6.18. The van der Waals surface area contributed by atoms with Crippen LogP contribution in [0.25, 0.3) is 0 Å². The summed E-state index contributed by atoms with van der Waals surface area (Å²) < 4.78 is 0. The van der Waals surface area contributed by atoms with Gasteiger partial charge in [0.1, 0.15) is 0 Å². The number of rotatable bonds is 6. The summed E-state index contributed by atoms with van der Waals surface area (Å²) in [6.07, 6.45) is 0. The number of carbonyl (C=O) groups excluding carboxylic acids is 2. The van der Waals surface area contributed by atoms with Crippen LogP contribution < -0.4 is 10.6 Å². The molecule has 2 N–H and O–H groups in total. The van der Waals surface area contributed by atoms with Crippen molar-refractivity contribution in [2.45, 2.75) is 32.9 Å². The lowest BCUT2D eigenvalue weighted by Crippen LogP contribution is -2.49. The van der Waals surface area contributed by atoms with Crippen LogP contribution in [-0.2, 0) is 9.59 Å². The minimum atomic E-state index is -0.445. The number of nitrogens with zero attached hydrogens (tertiary/aromatic N) is 1. The zero-order valence-electron chi connectivity index (χ0n) is 12.5. The molecule has 5 heteroatoms. The van der Waals surface area contributed by atoms with Gasteiger partial charge >= 0.3 is 0 Å². The topological polar surface area (TPSA) is 61.4 Å². The van der Waals surface area contributed by atoms with E-state index < -0.39 is 12.1 Å². The molecule has 1 aromatic carbocycles. The number of amides is 2. The highest BCUT2D eigenvalue weighted by molar-refractivity contribution is 5.95. The molecule has 0 aliphatic rings. The van der Waals surface area contributed by atoms with Gasteiger partial charge in [-0.25, -0.2) is 0 Å². The summed E-state index contributed by atoms with van der Waals surface area (Å²) in [5, 5.41) is 5.81. The Balaban J connectivity index is 2.51. The summed E-state index contributed by atoms with van der Waals surface area (Å²) in [6, 6.07) is 8.41. The normalized spacial score (nSPS) is 13.4. The van der Waals surface area contributed by atoms with Gasteiger partial charge in [-0.15, -0.1) is 0 Å². The molecule has 0 aromatic heterocycles. The lowest BCUT2D eigenvalue weighted by molar-refractivity contribution is -0.131. The molecule has 5 nitrogen and oxygen atoms in total. The molecule has 0 fully saturated rings. The molecule has 2 amide bonds. The third-order valence-corrected chi connectivity index (χ3v) is 3.16. The summed E-state index contributed by atoms with van der Waals surface area (Å²) >= 11 is 0. The van der Waals surface area contributed by atoms with Crippen molar-refractivity contribution < 1.29 is 9.59 Å². The molecule has 0 spiro atoms. The summed E-state index contributed by atoms with van der Waals surface area (Å²) in [6.45, 7) is 6.07. The van der Waals surface area contributed by atoms with Crippen molar-refractivity contribution in [3.05, 3.63) is 30.3 Å². The van der Waals surface area contributed by atoms with Gasteiger partial charge in [0, 0.05) is 19.3 Å². The molecule has 2 atom stereocenters. The fraction of sp³-hybridized carbons (Fsp3) is 0.467. The van der Waals surface area contributed by atoms with Crippen LogP contribution >= 0.6 is 0 Å². The van der Waals surface area contributed by atoms with Crippen molar-refractivity contribution in [1.29, 1.82) is 0 Å². The van der Waals surface area contributed by atoms with Gasteiger partial charge in [0.25, 0.3) is 0 Å². The van der Waals surface area contributed by atoms with Crippen molar-refractivity contribution in [2.24, 2.45) is 0 Å². The van der Waals surface area contributed by atoms with E-state index in [0.717, 1.165) is 5.69 Å². The fourth-order valence-corrected chi connectivity index (χ4v) is 1.78. The minimum absolute atomic E-state index is 0.0214. The van der Waals surface area contributed by atoms with Crippen LogP contribution in [0.3, 0.4) is 0 Å². The molecule has 0 radical (unpaired) electrons. The Morgan fingerprint density at radius 3 is 2.30 bits per heavy atom. The largest absolute Gasteiger partial charge is 0.345 e. The van der Waals surface area contributed by atoms with Gasteiger partial charge in [-0.3, -0.25) is 14.9 Å². The van der Waals surface area contributed by atoms with E-state index in [4.69, 9.17) is 0 Å². The molecule has 20 heavy (non-hydrogen) atoms. The molecule has 0 saturated carbocycles. The molecule has 0 aliphatic heterocycles. The summed E-state index contributed by atoms with van der Waals surface area (Å²) in [5.74, 6) is -0.179. The zero-order valence-corrected chi connectivity index (χ0v) is 12.5. The Hall–Kier alpha value is -1.88. The fourth-order valence-electron chi connectivity index (χ4n) is 1.78. The van der Waals surface area contributed by atoms with E-state index >= 15 is 0 Å². The maximum atomic E-state index is 12.0. The van der Waals surface area contributed by atoms with Gasteiger partial charge in [0.05, 0.1) is 12.1 Å². The second kappa shape index (κ2) is 7.65. The first-order chi connectivity index (χ1) is 9.45. The van der Waals surface area contributed by atoms with Crippen molar-refractivity contribution in [3.63, 3.8) is 0 Å². The average molecular weight is 277 g/mol. The summed E-state index contributed by atoms with van der Waals surface area (Å²) in [7, 11) is 1.75. The van der Waals surface area contributed by atoms with Crippen LogP contribution in [0.1, 0.15) is 20.8 Å². The molecule has 0 aliphatic carbocycles. The minimum Gasteiger partial charge on any atom is -0.345 e. The highest BCUT2D eigenvalue weighted by Gasteiger charge is 2.21. The molecule has 1 rings (SSSR count). The summed E-state index contributed by atoms with van der Waals surface area (Å²) in [4.78, 5) is 25.6. The maximum absolute atomic E-state index is 12.0. The monoisotopic (exact) mass is 277 g/mol. The lowest BCUT2D eigenvalue weighted by atomic mass is 10.2. The van der Waals surface area contributed by atoms with E-state index in [1.165, 1.54) is 0 Å². The maximum Gasteiger partial charge on any atom is 0.241 e. The van der Waals surface area contributed by atoms with Gasteiger partial charge in [-0.2, -0.15) is 0 Å². The first-order valence-corrected chi connectivity index (χ1v) is 6.82. The molecular formula is C15H23N3O2. The number of para-hydroxylation sites is 1. The molecule has 0 heterocycles. The standard InChI is InChI=1S/C15H23N3O2/c1-5-18(4)15(20)12(3)16-11(2)14(19)17-13-9-7-6-8-10-13/h6-12,16H,5H2,1-4H3,(H,17,19). The van der Waals surface area contributed by atoms with Gasteiger partial charge in [0.2, 0.25) is 11.8 Å². The predicted octanol–water partition coefficient (Wildman–Crippen LogP) is 1.47. The molecule has 0 bridgehead atoms. The van der Waals surface area contributed by atoms with Gasteiger partial charge in [-0.05, 0) is 32.9 Å². The number of anilines is 1. The molecule has 1 aromatic rings. The van der Waals surface area contributed by atoms with E-state index in [2.05, 4.69) is 10.6 Å². The predicted molar refractivity (Wildman–Crippen MR) is 80.4 cm³/mol. The van der Waals surface area contributed by atoms with E-state index in [-0.39, 0.29) is 11.8 Å². The summed E-state index contributed by atoms with van der Waals surface area (Å²) in [5.41, 5.74) is 0.746. The lowest BCUT2D eigenvalue weighted by Gasteiger charge is -2.23. The van der Waals surface area contributed by atoms with Gasteiger partial charge in [0.15, 0.2) is 0 Å². The number of hydrogen-bond donors (Lipinski definition) is 2. The van der Waals surface area contributed by atoms with Crippen LogP contribution in [-0.4, -0.2) is 42.4 Å². The van der Waals surface area contributed by atoms with E-state index in [1.807, 2.05) is 37.3 Å². The van der Waals surface area contributed by atoms with Crippen LogP contribution in [0.15, 0.2) is 30.3 Å². The molecular weight excluding hydrogens is 254 g/mol. The quantitative estimate of drug-likeness (QED) is 0.828. The van der Waals surface area contributed by atoms with Crippen LogP contribution in [0, 0.1) is 0 Å². The third kappa shape index (κ3) is 4.66. The van der Waals surface area contributed by atoms with E-state index in [9.17, 15) is 9.59 Å². The molecule has 0 saturated heterocycles. The average Bonchev–Trinajstić information content (AvgIpc) is 2.46. The first kappa shape index (κ1) is 16.2. The first-order valence-electron chi connectivity index (χ1n) is 6.82. The van der Waals surface area contributed by atoms with Crippen molar-refractivity contribution >= 4 is 17.5 Å². The van der Waals surface area contributed by atoms with Crippen LogP contribution in [0.4, 0.5) is 5.69 Å². The second-order valence-corrected chi connectivity index (χ2v) is 4.82. The number of carbonyl (C=O) groups is 2. The Morgan fingerprint density at radius 1 is 1.15 bits per heavy atom. The Morgan fingerprint density at radius 2 is 1.75 bits per heavy atom. The number of nitrogens with one attached hydrogen (secondary N) is 2. The Labute approximate surface area is 120 Å². The number of benzene rings is 1. The zero-order chi connectivity index (χ0) is 15.1. The highest BCUT2D eigenvalue weighted by Crippen LogP contribution is 2.05. The van der Waals surface area contributed by atoms with Crippen LogP contribution in [0.2, 0.25) is 0 Å². The third-order valence-electron chi connectivity index (χ3n) is 3.16. The van der Waals surface area contributed by atoms with E-state index in [0.29, 0.717) is 6.54 Å².